The first-order valence-corrected chi connectivity index (χ1v) is 8.97. The molecule has 2 aromatic heterocycles. The van der Waals surface area contributed by atoms with E-state index in [1.807, 2.05) is 12.1 Å². The van der Waals surface area contributed by atoms with Crippen molar-refractivity contribution in [3.8, 4) is 11.6 Å². The predicted molar refractivity (Wildman–Crippen MR) is 103 cm³/mol. The van der Waals surface area contributed by atoms with Gasteiger partial charge >= 0.3 is 5.97 Å². The monoisotopic (exact) mass is 384 g/mol. The average molecular weight is 384 g/mol. The van der Waals surface area contributed by atoms with Gasteiger partial charge in [0.1, 0.15) is 11.6 Å². The summed E-state index contributed by atoms with van der Waals surface area (Å²) in [7, 11) is 5.13. The summed E-state index contributed by atoms with van der Waals surface area (Å²) >= 11 is 0. The smallest absolute Gasteiger partial charge is 0.338 e. The molecule has 8 heteroatoms. The molecule has 0 bridgehead atoms. The molecule has 2 atom stereocenters. The molecule has 0 unspecified atom stereocenters. The fraction of sp³-hybridized carbons (Fsp3) is 0.400. The molecule has 1 fully saturated rings. The molecule has 28 heavy (non-hydrogen) atoms. The van der Waals surface area contributed by atoms with E-state index in [0.29, 0.717) is 29.8 Å². The SMILES string of the molecule is COc1ccc([C@H]2C[C@@H]2COc2nc(C)ncc2C(=CN(C)C)C(=O)O)nc1. The van der Waals surface area contributed by atoms with Gasteiger partial charge in [-0.15, -0.1) is 0 Å². The van der Waals surface area contributed by atoms with Crippen LogP contribution in [-0.2, 0) is 4.79 Å². The van der Waals surface area contributed by atoms with Crippen LogP contribution in [0.5, 0.6) is 11.6 Å². The number of pyridine rings is 1. The average Bonchev–Trinajstić information content (AvgIpc) is 3.44. The van der Waals surface area contributed by atoms with Crippen LogP contribution in [0.3, 0.4) is 0 Å². The summed E-state index contributed by atoms with van der Waals surface area (Å²) in [6.07, 6.45) is 5.70. The van der Waals surface area contributed by atoms with Gasteiger partial charge < -0.3 is 19.5 Å². The van der Waals surface area contributed by atoms with Gasteiger partial charge in [-0.05, 0) is 25.5 Å². The van der Waals surface area contributed by atoms with Crippen molar-refractivity contribution in [3.05, 3.63) is 47.8 Å². The standard InChI is InChI=1S/C20H24N4O4/c1-12-21-9-16(17(20(25)26)10-24(2)3)19(23-12)28-11-13-7-15(13)18-6-5-14(27-4)8-22-18/h5-6,8-10,13,15H,7,11H2,1-4H3,(H,25,26)/t13-,15+/m1/s1. The zero-order valence-corrected chi connectivity index (χ0v) is 16.4. The van der Waals surface area contributed by atoms with Gasteiger partial charge in [-0.25, -0.2) is 9.78 Å². The Hall–Kier alpha value is -3.16. The number of aliphatic carboxylic acids is 1. The number of carbonyl (C=O) groups is 1. The van der Waals surface area contributed by atoms with Gasteiger partial charge in [-0.3, -0.25) is 4.98 Å². The predicted octanol–water partition coefficient (Wildman–Crippen LogP) is 2.36. The highest BCUT2D eigenvalue weighted by Gasteiger charge is 2.40. The van der Waals surface area contributed by atoms with E-state index < -0.39 is 5.97 Å². The molecule has 0 amide bonds. The van der Waals surface area contributed by atoms with Crippen molar-refractivity contribution in [2.45, 2.75) is 19.3 Å². The van der Waals surface area contributed by atoms with E-state index in [0.717, 1.165) is 17.9 Å². The number of rotatable bonds is 8. The Morgan fingerprint density at radius 3 is 2.71 bits per heavy atom. The van der Waals surface area contributed by atoms with E-state index in [1.54, 1.807) is 39.2 Å². The first-order valence-electron chi connectivity index (χ1n) is 8.97. The maximum absolute atomic E-state index is 11.7. The summed E-state index contributed by atoms with van der Waals surface area (Å²) in [4.78, 5) is 26.2. The van der Waals surface area contributed by atoms with E-state index in [1.165, 1.54) is 12.4 Å². The minimum Gasteiger partial charge on any atom is -0.495 e. The number of hydrogen-bond donors (Lipinski definition) is 1. The maximum Gasteiger partial charge on any atom is 0.338 e. The third-order valence-electron chi connectivity index (χ3n) is 4.51. The molecule has 8 nitrogen and oxygen atoms in total. The van der Waals surface area contributed by atoms with E-state index in [4.69, 9.17) is 9.47 Å². The van der Waals surface area contributed by atoms with E-state index in [9.17, 15) is 9.90 Å². The van der Waals surface area contributed by atoms with E-state index >= 15 is 0 Å². The molecule has 0 radical (unpaired) electrons. The normalized spacial score (nSPS) is 18.5. The minimum absolute atomic E-state index is 0.0872. The van der Waals surface area contributed by atoms with Crippen molar-refractivity contribution < 1.29 is 19.4 Å². The van der Waals surface area contributed by atoms with Gasteiger partial charge in [-0.2, -0.15) is 4.98 Å². The number of ether oxygens (including phenoxy) is 2. The minimum atomic E-state index is -1.06. The largest absolute Gasteiger partial charge is 0.495 e. The molecule has 0 aliphatic heterocycles. The zero-order chi connectivity index (χ0) is 20.3. The Balaban J connectivity index is 1.72. The van der Waals surface area contributed by atoms with Crippen molar-refractivity contribution in [3.63, 3.8) is 0 Å². The summed E-state index contributed by atoms with van der Waals surface area (Å²) in [5.41, 5.74) is 1.46. The van der Waals surface area contributed by atoms with Crippen molar-refractivity contribution in [2.75, 3.05) is 27.8 Å². The van der Waals surface area contributed by atoms with Gasteiger partial charge in [-0.1, -0.05) is 0 Å². The molecule has 148 valence electrons. The van der Waals surface area contributed by atoms with Crippen LogP contribution in [0.25, 0.3) is 5.57 Å². The van der Waals surface area contributed by atoms with Crippen LogP contribution in [0.1, 0.15) is 29.4 Å². The lowest BCUT2D eigenvalue weighted by molar-refractivity contribution is -0.130. The molecule has 0 saturated heterocycles. The molecule has 1 N–H and O–H groups in total. The van der Waals surface area contributed by atoms with Gasteiger partial charge in [0.25, 0.3) is 0 Å². The molecular formula is C20H24N4O4. The lowest BCUT2D eigenvalue weighted by Gasteiger charge is -2.13. The Morgan fingerprint density at radius 1 is 1.32 bits per heavy atom. The van der Waals surface area contributed by atoms with Crippen LogP contribution in [0.15, 0.2) is 30.7 Å². The number of methoxy groups -OCH3 is 1. The Bertz CT molecular complexity index is 880. The molecule has 1 aliphatic carbocycles. The molecule has 3 rings (SSSR count). The van der Waals surface area contributed by atoms with Gasteiger partial charge in [0.05, 0.1) is 31.1 Å². The topological polar surface area (TPSA) is 97.7 Å². The highest BCUT2D eigenvalue weighted by atomic mass is 16.5. The van der Waals surface area contributed by atoms with Gasteiger partial charge in [0, 0.05) is 44.0 Å². The Morgan fingerprint density at radius 2 is 2.11 bits per heavy atom. The van der Waals surface area contributed by atoms with Crippen molar-refractivity contribution in [2.24, 2.45) is 5.92 Å². The second-order valence-electron chi connectivity index (χ2n) is 6.98. The van der Waals surface area contributed by atoms with Gasteiger partial charge in [0.15, 0.2) is 0 Å². The fourth-order valence-corrected chi connectivity index (χ4v) is 2.95. The first-order chi connectivity index (χ1) is 13.4. The number of aromatic nitrogens is 3. The summed E-state index contributed by atoms with van der Waals surface area (Å²) in [5, 5.41) is 9.57. The molecule has 2 aromatic rings. The van der Waals surface area contributed by atoms with Crippen molar-refractivity contribution in [1.82, 2.24) is 19.9 Å². The molecule has 2 heterocycles. The maximum atomic E-state index is 11.7. The number of carboxylic acid groups (broad SMARTS) is 1. The van der Waals surface area contributed by atoms with Crippen molar-refractivity contribution >= 4 is 11.5 Å². The summed E-state index contributed by atoms with van der Waals surface area (Å²) in [6, 6.07) is 3.86. The van der Waals surface area contributed by atoms with Crippen LogP contribution >= 0.6 is 0 Å². The lowest BCUT2D eigenvalue weighted by atomic mass is 10.1. The highest BCUT2D eigenvalue weighted by molar-refractivity contribution is 6.15. The molecule has 0 spiro atoms. The van der Waals surface area contributed by atoms with Crippen LogP contribution < -0.4 is 9.47 Å². The van der Waals surface area contributed by atoms with Crippen LogP contribution in [0.4, 0.5) is 0 Å². The Labute approximate surface area is 163 Å². The molecule has 1 aliphatic rings. The van der Waals surface area contributed by atoms with Crippen LogP contribution in [0, 0.1) is 12.8 Å². The number of carboxylic acids is 1. The third kappa shape index (κ3) is 4.57. The first kappa shape index (κ1) is 19.6. The summed E-state index contributed by atoms with van der Waals surface area (Å²) in [5.74, 6) is 1.13. The van der Waals surface area contributed by atoms with Crippen LogP contribution in [-0.4, -0.2) is 58.7 Å². The highest BCUT2D eigenvalue weighted by Crippen LogP contribution is 2.47. The quantitative estimate of drug-likeness (QED) is 0.693. The number of nitrogens with zero attached hydrogens (tertiary/aromatic N) is 4. The molecular weight excluding hydrogens is 360 g/mol. The number of aryl methyl sites for hydroxylation is 1. The fourth-order valence-electron chi connectivity index (χ4n) is 2.95. The number of hydrogen-bond acceptors (Lipinski definition) is 7. The molecule has 1 saturated carbocycles. The second kappa shape index (κ2) is 8.24. The lowest BCUT2D eigenvalue weighted by Crippen LogP contribution is -2.12. The Kier molecular flexibility index (Phi) is 5.77. The molecule has 0 aromatic carbocycles. The second-order valence-corrected chi connectivity index (χ2v) is 6.98. The van der Waals surface area contributed by atoms with Gasteiger partial charge in [0.2, 0.25) is 5.88 Å². The summed E-state index contributed by atoms with van der Waals surface area (Å²) in [6.45, 7) is 2.19. The summed E-state index contributed by atoms with van der Waals surface area (Å²) < 4.78 is 11.1. The van der Waals surface area contributed by atoms with E-state index in [-0.39, 0.29) is 11.5 Å². The van der Waals surface area contributed by atoms with Crippen LogP contribution in [0.2, 0.25) is 0 Å². The third-order valence-corrected chi connectivity index (χ3v) is 4.51. The zero-order valence-electron chi connectivity index (χ0n) is 16.4. The van der Waals surface area contributed by atoms with E-state index in [2.05, 4.69) is 15.0 Å². The van der Waals surface area contributed by atoms with Crippen molar-refractivity contribution in [1.29, 1.82) is 0 Å².